The molecule has 1 atom stereocenters. The smallest absolute Gasteiger partial charge is 0.253 e. The van der Waals surface area contributed by atoms with Gasteiger partial charge in [0.1, 0.15) is 11.5 Å². The van der Waals surface area contributed by atoms with Crippen LogP contribution in [0.1, 0.15) is 23.2 Å². The molecule has 29 heavy (non-hydrogen) atoms. The first-order valence-electron chi connectivity index (χ1n) is 10.0. The number of rotatable bonds is 4. The number of carbonyl (C=O) groups excluding carboxylic acids is 2. The summed E-state index contributed by atoms with van der Waals surface area (Å²) < 4.78 is 11.1. The van der Waals surface area contributed by atoms with Gasteiger partial charge in [-0.05, 0) is 49.2 Å². The minimum absolute atomic E-state index is 0.0441. The topological polar surface area (TPSA) is 72.0 Å². The second kappa shape index (κ2) is 9.05. The molecule has 1 aromatic heterocycles. The molecule has 2 aliphatic rings. The lowest BCUT2D eigenvalue weighted by Gasteiger charge is -2.36. The SMILES string of the molecule is O=C(c1ccc(Oc2cccnc2)cc1)N1CCCC(C(=O)N2CCOCC2)C1. The highest BCUT2D eigenvalue weighted by atomic mass is 16.5. The van der Waals surface area contributed by atoms with Gasteiger partial charge in [-0.1, -0.05) is 0 Å². The summed E-state index contributed by atoms with van der Waals surface area (Å²) in [4.78, 5) is 33.4. The van der Waals surface area contributed by atoms with E-state index >= 15 is 0 Å². The van der Waals surface area contributed by atoms with Crippen LogP contribution < -0.4 is 4.74 Å². The van der Waals surface area contributed by atoms with E-state index in [0.717, 1.165) is 12.8 Å². The Balaban J connectivity index is 1.37. The van der Waals surface area contributed by atoms with Crippen LogP contribution in [0, 0.1) is 5.92 Å². The maximum atomic E-state index is 12.9. The van der Waals surface area contributed by atoms with E-state index in [1.807, 2.05) is 11.0 Å². The van der Waals surface area contributed by atoms with Crippen molar-refractivity contribution in [1.29, 1.82) is 0 Å². The summed E-state index contributed by atoms with van der Waals surface area (Å²) >= 11 is 0. The van der Waals surface area contributed by atoms with E-state index in [1.54, 1.807) is 47.6 Å². The lowest BCUT2D eigenvalue weighted by Crippen LogP contribution is -2.49. The van der Waals surface area contributed by atoms with E-state index in [2.05, 4.69) is 4.98 Å². The molecule has 4 rings (SSSR count). The van der Waals surface area contributed by atoms with Gasteiger partial charge in [-0.15, -0.1) is 0 Å². The van der Waals surface area contributed by atoms with Crippen molar-refractivity contribution in [3.05, 3.63) is 54.4 Å². The molecule has 0 aliphatic carbocycles. The number of carbonyl (C=O) groups is 2. The van der Waals surface area contributed by atoms with Crippen molar-refractivity contribution in [3.63, 3.8) is 0 Å². The molecule has 0 N–H and O–H groups in total. The summed E-state index contributed by atoms with van der Waals surface area (Å²) in [6.45, 7) is 3.62. The lowest BCUT2D eigenvalue weighted by atomic mass is 9.95. The normalized spacial score (nSPS) is 19.7. The highest BCUT2D eigenvalue weighted by molar-refractivity contribution is 5.94. The van der Waals surface area contributed by atoms with Crippen molar-refractivity contribution in [2.75, 3.05) is 39.4 Å². The van der Waals surface area contributed by atoms with Crippen LogP contribution in [0.5, 0.6) is 11.5 Å². The number of pyridine rings is 1. The summed E-state index contributed by atoms with van der Waals surface area (Å²) in [6, 6.07) is 10.7. The van der Waals surface area contributed by atoms with Crippen LogP contribution in [-0.4, -0.2) is 66.0 Å². The zero-order chi connectivity index (χ0) is 20.1. The van der Waals surface area contributed by atoms with Gasteiger partial charge in [-0.25, -0.2) is 0 Å². The summed E-state index contributed by atoms with van der Waals surface area (Å²) in [6.07, 6.45) is 5.00. The van der Waals surface area contributed by atoms with E-state index < -0.39 is 0 Å². The van der Waals surface area contributed by atoms with Crippen LogP contribution >= 0.6 is 0 Å². The summed E-state index contributed by atoms with van der Waals surface area (Å²) in [5, 5.41) is 0. The third-order valence-electron chi connectivity index (χ3n) is 5.35. The van der Waals surface area contributed by atoms with Crippen LogP contribution in [0.25, 0.3) is 0 Å². The molecule has 1 aromatic carbocycles. The second-order valence-corrected chi connectivity index (χ2v) is 7.34. The number of aromatic nitrogens is 1. The molecule has 0 bridgehead atoms. The molecular formula is C22H25N3O4. The van der Waals surface area contributed by atoms with Crippen LogP contribution in [-0.2, 0) is 9.53 Å². The molecule has 1 unspecified atom stereocenters. The molecule has 2 aliphatic heterocycles. The Morgan fingerprint density at radius 3 is 2.52 bits per heavy atom. The number of likely N-dealkylation sites (tertiary alicyclic amines) is 1. The molecule has 2 fully saturated rings. The zero-order valence-electron chi connectivity index (χ0n) is 16.3. The Labute approximate surface area is 170 Å². The van der Waals surface area contributed by atoms with Gasteiger partial charge in [0.25, 0.3) is 5.91 Å². The number of hydrogen-bond donors (Lipinski definition) is 0. The molecule has 3 heterocycles. The van der Waals surface area contributed by atoms with Gasteiger partial charge >= 0.3 is 0 Å². The van der Waals surface area contributed by atoms with E-state index in [0.29, 0.717) is 56.5 Å². The van der Waals surface area contributed by atoms with Gasteiger partial charge in [-0.2, -0.15) is 0 Å². The summed E-state index contributed by atoms with van der Waals surface area (Å²) in [7, 11) is 0. The number of hydrogen-bond acceptors (Lipinski definition) is 5. The lowest BCUT2D eigenvalue weighted by molar-refractivity contribution is -0.141. The van der Waals surface area contributed by atoms with Crippen molar-refractivity contribution in [1.82, 2.24) is 14.8 Å². The number of ether oxygens (including phenoxy) is 2. The third-order valence-corrected chi connectivity index (χ3v) is 5.35. The highest BCUT2D eigenvalue weighted by Gasteiger charge is 2.32. The molecule has 7 heteroatoms. The first-order chi connectivity index (χ1) is 14.2. The van der Waals surface area contributed by atoms with E-state index in [1.165, 1.54) is 0 Å². The monoisotopic (exact) mass is 395 g/mol. The molecule has 2 aromatic rings. The molecule has 0 spiro atoms. The summed E-state index contributed by atoms with van der Waals surface area (Å²) in [5.74, 6) is 1.27. The first-order valence-corrected chi connectivity index (χ1v) is 10.0. The summed E-state index contributed by atoms with van der Waals surface area (Å²) in [5.41, 5.74) is 0.600. The average Bonchev–Trinajstić information content (AvgIpc) is 2.80. The van der Waals surface area contributed by atoms with E-state index in [-0.39, 0.29) is 17.7 Å². The van der Waals surface area contributed by atoms with Crippen molar-refractivity contribution in [2.24, 2.45) is 5.92 Å². The quantitative estimate of drug-likeness (QED) is 0.796. The van der Waals surface area contributed by atoms with Crippen molar-refractivity contribution in [2.45, 2.75) is 12.8 Å². The maximum absolute atomic E-state index is 12.9. The Hall–Kier alpha value is -2.93. The molecule has 152 valence electrons. The van der Waals surface area contributed by atoms with Gasteiger partial charge in [0.05, 0.1) is 25.3 Å². The fourth-order valence-electron chi connectivity index (χ4n) is 3.80. The number of benzene rings is 1. The number of piperidine rings is 1. The van der Waals surface area contributed by atoms with Crippen LogP contribution in [0.15, 0.2) is 48.8 Å². The van der Waals surface area contributed by atoms with Crippen LogP contribution in [0.2, 0.25) is 0 Å². The first kappa shape index (κ1) is 19.4. The minimum atomic E-state index is -0.126. The Kier molecular flexibility index (Phi) is 6.05. The fraction of sp³-hybridized carbons (Fsp3) is 0.409. The molecule has 7 nitrogen and oxygen atoms in total. The number of amides is 2. The molecule has 0 saturated carbocycles. The second-order valence-electron chi connectivity index (χ2n) is 7.34. The number of morpholine rings is 1. The Bertz CT molecular complexity index is 835. The molecule has 0 radical (unpaired) electrons. The van der Waals surface area contributed by atoms with E-state index in [9.17, 15) is 9.59 Å². The largest absolute Gasteiger partial charge is 0.456 e. The fourth-order valence-corrected chi connectivity index (χ4v) is 3.80. The van der Waals surface area contributed by atoms with E-state index in [4.69, 9.17) is 9.47 Å². The Morgan fingerprint density at radius 1 is 1.00 bits per heavy atom. The molecule has 2 saturated heterocycles. The van der Waals surface area contributed by atoms with Gasteiger partial charge in [0.15, 0.2) is 0 Å². The zero-order valence-corrected chi connectivity index (χ0v) is 16.3. The molecular weight excluding hydrogens is 370 g/mol. The van der Waals surface area contributed by atoms with Gasteiger partial charge in [0.2, 0.25) is 5.91 Å². The van der Waals surface area contributed by atoms with Gasteiger partial charge < -0.3 is 19.3 Å². The van der Waals surface area contributed by atoms with Crippen molar-refractivity contribution >= 4 is 11.8 Å². The van der Waals surface area contributed by atoms with Crippen molar-refractivity contribution in [3.8, 4) is 11.5 Å². The van der Waals surface area contributed by atoms with Crippen LogP contribution in [0.4, 0.5) is 0 Å². The predicted molar refractivity (Wildman–Crippen MR) is 107 cm³/mol. The third kappa shape index (κ3) is 4.74. The standard InChI is InChI=1S/C22H25N3O4/c26-21(17-5-7-19(8-6-17)29-20-4-1-9-23-15-20)25-10-2-3-18(16-25)22(27)24-11-13-28-14-12-24/h1,4-9,15,18H,2-3,10-14,16H2. The Morgan fingerprint density at radius 2 is 1.79 bits per heavy atom. The van der Waals surface area contributed by atoms with Crippen LogP contribution in [0.3, 0.4) is 0 Å². The predicted octanol–water partition coefficient (Wildman–Crippen LogP) is 2.58. The van der Waals surface area contributed by atoms with Crippen molar-refractivity contribution < 1.29 is 19.1 Å². The van der Waals surface area contributed by atoms with Gasteiger partial charge in [-0.3, -0.25) is 14.6 Å². The minimum Gasteiger partial charge on any atom is -0.456 e. The highest BCUT2D eigenvalue weighted by Crippen LogP contribution is 2.24. The average molecular weight is 395 g/mol. The maximum Gasteiger partial charge on any atom is 0.253 e. The number of nitrogens with zero attached hydrogens (tertiary/aromatic N) is 3. The molecule has 2 amide bonds. The van der Waals surface area contributed by atoms with Gasteiger partial charge in [0, 0.05) is 37.9 Å².